The van der Waals surface area contributed by atoms with Crippen LogP contribution in [0, 0.1) is 5.82 Å². The molecule has 7 rings (SSSR count). The Balaban J connectivity index is 1.33. The molecule has 1 spiro atoms. The van der Waals surface area contributed by atoms with Gasteiger partial charge in [0, 0.05) is 36.0 Å². The summed E-state index contributed by atoms with van der Waals surface area (Å²) in [6.07, 6.45) is 5.79. The van der Waals surface area contributed by atoms with E-state index in [1.165, 1.54) is 30.0 Å². The van der Waals surface area contributed by atoms with Gasteiger partial charge in [-0.2, -0.15) is 4.98 Å². The molecule has 4 aromatic rings. The van der Waals surface area contributed by atoms with Crippen LogP contribution in [0.2, 0.25) is 0 Å². The van der Waals surface area contributed by atoms with Crippen molar-refractivity contribution < 1.29 is 9.50 Å². The third kappa shape index (κ3) is 3.67. The van der Waals surface area contributed by atoms with Gasteiger partial charge in [0.1, 0.15) is 11.2 Å². The van der Waals surface area contributed by atoms with Crippen LogP contribution in [0.3, 0.4) is 0 Å². The summed E-state index contributed by atoms with van der Waals surface area (Å²) in [4.78, 5) is 22.6. The maximum atomic E-state index is 14.6. The van der Waals surface area contributed by atoms with Gasteiger partial charge in [0.25, 0.3) is 5.56 Å². The van der Waals surface area contributed by atoms with Gasteiger partial charge in [0.2, 0.25) is 5.95 Å². The quantitative estimate of drug-likeness (QED) is 0.381. The lowest BCUT2D eigenvalue weighted by Gasteiger charge is -2.26. The molecule has 190 valence electrons. The number of benzene rings is 2. The van der Waals surface area contributed by atoms with Gasteiger partial charge in [-0.1, -0.05) is 6.07 Å². The maximum absolute atomic E-state index is 14.6. The Morgan fingerprint density at radius 1 is 1.19 bits per heavy atom. The number of anilines is 2. The van der Waals surface area contributed by atoms with Gasteiger partial charge in [0.15, 0.2) is 5.65 Å². The topological polar surface area (TPSA) is 97.0 Å². The zero-order valence-corrected chi connectivity index (χ0v) is 20.9. The summed E-state index contributed by atoms with van der Waals surface area (Å²) < 4.78 is 18.0. The molecule has 1 aliphatic heterocycles. The Morgan fingerprint density at radius 2 is 2.00 bits per heavy atom. The zero-order valence-electron chi connectivity index (χ0n) is 20.9. The predicted molar refractivity (Wildman–Crippen MR) is 139 cm³/mol. The third-order valence-electron chi connectivity index (χ3n) is 7.93. The number of hydrogen-bond acceptors (Lipinski definition) is 6. The van der Waals surface area contributed by atoms with Crippen molar-refractivity contribution in [3.05, 3.63) is 75.5 Å². The highest BCUT2D eigenvalue weighted by atomic mass is 19.1. The Labute approximate surface area is 213 Å². The first kappa shape index (κ1) is 22.6. The molecule has 0 radical (unpaired) electrons. The van der Waals surface area contributed by atoms with Gasteiger partial charge < -0.3 is 15.7 Å². The standard InChI is InChI=1S/C28H29FN6O2/c1-27(2,37)22-12-19(6-8-23(22)29)34-24-20(25(36)35(34)18-4-5-18)14-31-26(33-24)32-17-3-7-21-16(11-17)13-30-15-28(21)9-10-28/h3,6-8,11-12,14,18,30,37H,4-5,9-10,13,15H2,1-2H3,(H,31,32,33). The molecule has 0 amide bonds. The van der Waals surface area contributed by atoms with Crippen molar-refractivity contribution in [2.24, 2.45) is 0 Å². The molecule has 3 aliphatic rings. The molecule has 3 N–H and O–H groups in total. The van der Waals surface area contributed by atoms with Crippen LogP contribution in [-0.4, -0.2) is 31.0 Å². The lowest BCUT2D eigenvalue weighted by atomic mass is 9.88. The monoisotopic (exact) mass is 500 g/mol. The fourth-order valence-corrected chi connectivity index (χ4v) is 5.66. The minimum Gasteiger partial charge on any atom is -0.386 e. The van der Waals surface area contributed by atoms with E-state index in [0.29, 0.717) is 28.1 Å². The van der Waals surface area contributed by atoms with Gasteiger partial charge in [0.05, 0.1) is 17.3 Å². The van der Waals surface area contributed by atoms with Crippen LogP contribution in [0.1, 0.15) is 62.3 Å². The van der Waals surface area contributed by atoms with Crippen LogP contribution in [0.15, 0.2) is 47.4 Å². The molecule has 0 saturated heterocycles. The van der Waals surface area contributed by atoms with Crippen LogP contribution in [0.5, 0.6) is 0 Å². The molecule has 2 aromatic heterocycles. The highest BCUT2D eigenvalue weighted by Gasteiger charge is 2.46. The van der Waals surface area contributed by atoms with Gasteiger partial charge >= 0.3 is 0 Å². The van der Waals surface area contributed by atoms with E-state index in [0.717, 1.165) is 31.6 Å². The Morgan fingerprint density at radius 3 is 2.73 bits per heavy atom. The molecule has 9 heteroatoms. The Kier molecular flexibility index (Phi) is 4.72. The molecule has 3 heterocycles. The highest BCUT2D eigenvalue weighted by molar-refractivity contribution is 5.77. The Hall–Kier alpha value is -3.56. The SMILES string of the molecule is CC(C)(O)c1cc(-n2c3nc(Nc4ccc5c(c4)CNCC54CC4)ncc3c(=O)n2C2CC2)ccc1F. The van der Waals surface area contributed by atoms with E-state index < -0.39 is 11.4 Å². The van der Waals surface area contributed by atoms with Crippen LogP contribution in [-0.2, 0) is 17.6 Å². The van der Waals surface area contributed by atoms with E-state index in [1.54, 1.807) is 41.5 Å². The smallest absolute Gasteiger partial charge is 0.278 e. The number of hydrogen-bond donors (Lipinski definition) is 3. The normalized spacial score (nSPS) is 18.3. The van der Waals surface area contributed by atoms with E-state index in [-0.39, 0.29) is 17.2 Å². The van der Waals surface area contributed by atoms with Crippen LogP contribution >= 0.6 is 0 Å². The van der Waals surface area contributed by atoms with E-state index in [1.807, 2.05) is 0 Å². The minimum absolute atomic E-state index is 0.0524. The van der Waals surface area contributed by atoms with E-state index >= 15 is 0 Å². The number of nitrogens with zero attached hydrogens (tertiary/aromatic N) is 4. The first-order valence-corrected chi connectivity index (χ1v) is 12.9. The first-order valence-electron chi connectivity index (χ1n) is 12.9. The van der Waals surface area contributed by atoms with Gasteiger partial charge in [-0.15, -0.1) is 0 Å². The van der Waals surface area contributed by atoms with Crippen molar-refractivity contribution in [2.75, 3.05) is 11.9 Å². The summed E-state index contributed by atoms with van der Waals surface area (Å²) in [5, 5.41) is 17.8. The van der Waals surface area contributed by atoms with Crippen LogP contribution < -0.4 is 16.2 Å². The molecule has 0 bridgehead atoms. The minimum atomic E-state index is -1.38. The first-order chi connectivity index (χ1) is 17.7. The summed E-state index contributed by atoms with van der Waals surface area (Å²) in [5.41, 5.74) is 3.53. The lowest BCUT2D eigenvalue weighted by Crippen LogP contribution is -2.33. The average Bonchev–Trinajstić information content (AvgIpc) is 3.79. The molecule has 8 nitrogen and oxygen atoms in total. The molecule has 37 heavy (non-hydrogen) atoms. The average molecular weight is 501 g/mol. The summed E-state index contributed by atoms with van der Waals surface area (Å²) in [7, 11) is 0. The van der Waals surface area contributed by atoms with Crippen molar-refractivity contribution in [1.82, 2.24) is 24.6 Å². The van der Waals surface area contributed by atoms with E-state index in [2.05, 4.69) is 33.8 Å². The molecule has 2 aliphatic carbocycles. The number of aromatic nitrogens is 4. The van der Waals surface area contributed by atoms with Crippen LogP contribution in [0.25, 0.3) is 16.7 Å². The van der Waals surface area contributed by atoms with Gasteiger partial charge in [-0.3, -0.25) is 4.79 Å². The second kappa shape index (κ2) is 7.72. The molecule has 2 fully saturated rings. The number of nitrogens with one attached hydrogen (secondary N) is 2. The van der Waals surface area contributed by atoms with Gasteiger partial charge in [-0.25, -0.2) is 18.7 Å². The number of aliphatic hydroxyl groups is 1. The lowest BCUT2D eigenvalue weighted by molar-refractivity contribution is 0.0745. The second-order valence-corrected chi connectivity index (χ2v) is 11.2. The molecule has 0 unspecified atom stereocenters. The summed E-state index contributed by atoms with van der Waals surface area (Å²) in [5.74, 6) is -0.122. The van der Waals surface area contributed by atoms with Crippen molar-refractivity contribution >= 4 is 22.7 Å². The highest BCUT2D eigenvalue weighted by Crippen LogP contribution is 2.50. The largest absolute Gasteiger partial charge is 0.386 e. The van der Waals surface area contributed by atoms with E-state index in [4.69, 9.17) is 4.98 Å². The molecule has 2 saturated carbocycles. The summed E-state index contributed by atoms with van der Waals surface area (Å²) in [6, 6.07) is 11.0. The van der Waals surface area contributed by atoms with Crippen molar-refractivity contribution in [2.45, 2.75) is 63.1 Å². The zero-order chi connectivity index (χ0) is 25.5. The number of fused-ring (bicyclic) bond motifs is 3. The van der Waals surface area contributed by atoms with E-state index in [9.17, 15) is 14.3 Å². The number of rotatable bonds is 5. The molecular formula is C28H29FN6O2. The van der Waals surface area contributed by atoms with Crippen molar-refractivity contribution in [3.8, 4) is 5.69 Å². The Bertz CT molecular complexity index is 1620. The van der Waals surface area contributed by atoms with Crippen molar-refractivity contribution in [3.63, 3.8) is 0 Å². The molecule has 2 aromatic carbocycles. The predicted octanol–water partition coefficient (Wildman–Crippen LogP) is 4.16. The fraction of sp³-hybridized carbons (Fsp3) is 0.393. The third-order valence-corrected chi connectivity index (χ3v) is 7.93. The van der Waals surface area contributed by atoms with Gasteiger partial charge in [-0.05, 0) is 81.0 Å². The van der Waals surface area contributed by atoms with Crippen LogP contribution in [0.4, 0.5) is 16.0 Å². The maximum Gasteiger partial charge on any atom is 0.278 e. The summed E-state index contributed by atoms with van der Waals surface area (Å²) >= 11 is 0. The summed E-state index contributed by atoms with van der Waals surface area (Å²) in [6.45, 7) is 4.96. The molecule has 0 atom stereocenters. The second-order valence-electron chi connectivity index (χ2n) is 11.2. The fourth-order valence-electron chi connectivity index (χ4n) is 5.66. The van der Waals surface area contributed by atoms with Crippen molar-refractivity contribution in [1.29, 1.82) is 0 Å². The molecular weight excluding hydrogens is 471 g/mol. The number of halogens is 1.